The fourth-order valence-corrected chi connectivity index (χ4v) is 0.979. The van der Waals surface area contributed by atoms with E-state index in [9.17, 15) is 0 Å². The summed E-state index contributed by atoms with van der Waals surface area (Å²) < 4.78 is 10.3. The molecule has 0 amide bonds. The van der Waals surface area contributed by atoms with Gasteiger partial charge in [-0.05, 0) is 24.6 Å². The van der Waals surface area contributed by atoms with E-state index in [1.165, 1.54) is 0 Å². The summed E-state index contributed by atoms with van der Waals surface area (Å²) in [6.45, 7) is 2.40. The van der Waals surface area contributed by atoms with Crippen LogP contribution in [0.4, 0.5) is 0 Å². The first-order valence-corrected chi connectivity index (χ1v) is 4.46. The van der Waals surface area contributed by atoms with Crippen LogP contribution in [0.15, 0.2) is 24.3 Å². The quantitative estimate of drug-likeness (QED) is 0.535. The molecule has 0 spiro atoms. The molecule has 1 unspecified atom stereocenters. The monoisotopic (exact) mass is 190 g/mol. The van der Waals surface area contributed by atoms with Crippen LogP contribution in [0, 0.1) is 12.3 Å². The average molecular weight is 190 g/mol. The fraction of sp³-hybridized carbons (Fsp3) is 0.333. The molecule has 14 heavy (non-hydrogen) atoms. The molecule has 0 fully saturated rings. The van der Waals surface area contributed by atoms with Crippen molar-refractivity contribution in [1.82, 2.24) is 0 Å². The lowest BCUT2D eigenvalue weighted by Gasteiger charge is -2.10. The van der Waals surface area contributed by atoms with E-state index in [1.54, 1.807) is 7.11 Å². The second-order valence-electron chi connectivity index (χ2n) is 2.96. The third-order valence-electron chi connectivity index (χ3n) is 1.94. The Kier molecular flexibility index (Phi) is 4.18. The van der Waals surface area contributed by atoms with Crippen molar-refractivity contribution < 1.29 is 9.47 Å². The smallest absolute Gasteiger partial charge is 0.154 e. The van der Waals surface area contributed by atoms with Crippen LogP contribution in [0.5, 0.6) is 0 Å². The number of ether oxygens (including phenoxy) is 2. The highest BCUT2D eigenvalue weighted by molar-refractivity contribution is 5.33. The molecule has 0 radical (unpaired) electrons. The van der Waals surface area contributed by atoms with Crippen molar-refractivity contribution in [1.29, 1.82) is 0 Å². The Bertz CT molecular complexity index is 308. The van der Waals surface area contributed by atoms with E-state index in [4.69, 9.17) is 15.9 Å². The number of rotatable bonds is 4. The Labute approximate surface area is 84.8 Å². The molecule has 0 heterocycles. The molecule has 0 aliphatic rings. The Balaban J connectivity index is 2.49. The first kappa shape index (κ1) is 10.8. The highest BCUT2D eigenvalue weighted by Crippen LogP contribution is 2.06. The maximum atomic E-state index is 5.38. The van der Waals surface area contributed by atoms with Crippen LogP contribution >= 0.6 is 0 Å². The normalized spacial score (nSPS) is 12.1. The number of hydrogen-bond acceptors (Lipinski definition) is 2. The van der Waals surface area contributed by atoms with Gasteiger partial charge in [-0.1, -0.05) is 18.1 Å². The predicted molar refractivity (Wildman–Crippen MR) is 55.6 cm³/mol. The summed E-state index contributed by atoms with van der Waals surface area (Å²) in [5.41, 5.74) is 1.97. The van der Waals surface area contributed by atoms with Gasteiger partial charge in [0.1, 0.15) is 0 Å². The molecule has 0 aliphatic carbocycles. The number of methoxy groups -OCH3 is 1. The minimum absolute atomic E-state index is 0.178. The molecule has 74 valence electrons. The van der Waals surface area contributed by atoms with E-state index in [-0.39, 0.29) is 6.29 Å². The lowest BCUT2D eigenvalue weighted by atomic mass is 10.1. The summed E-state index contributed by atoms with van der Waals surface area (Å²) in [6.07, 6.45) is 5.06. The molecule has 1 aromatic carbocycles. The first-order chi connectivity index (χ1) is 6.76. The largest absolute Gasteiger partial charge is 0.356 e. The van der Waals surface area contributed by atoms with E-state index < -0.39 is 0 Å². The zero-order chi connectivity index (χ0) is 10.4. The maximum Gasteiger partial charge on any atom is 0.154 e. The van der Waals surface area contributed by atoms with E-state index in [2.05, 4.69) is 5.92 Å². The third-order valence-corrected chi connectivity index (χ3v) is 1.94. The van der Waals surface area contributed by atoms with Crippen molar-refractivity contribution in [3.63, 3.8) is 0 Å². The van der Waals surface area contributed by atoms with Crippen LogP contribution in [-0.4, -0.2) is 13.4 Å². The Morgan fingerprint density at radius 1 is 1.36 bits per heavy atom. The molecule has 0 saturated heterocycles. The molecule has 0 aromatic heterocycles. The SMILES string of the molecule is C#Cc1ccc(COC(C)OC)cc1. The lowest BCUT2D eigenvalue weighted by Crippen LogP contribution is -2.09. The molecule has 1 atom stereocenters. The van der Waals surface area contributed by atoms with E-state index in [1.807, 2.05) is 31.2 Å². The van der Waals surface area contributed by atoms with Gasteiger partial charge in [0.25, 0.3) is 0 Å². The topological polar surface area (TPSA) is 18.5 Å². The fourth-order valence-electron chi connectivity index (χ4n) is 0.979. The zero-order valence-corrected chi connectivity index (χ0v) is 8.49. The molecule has 1 rings (SSSR count). The van der Waals surface area contributed by atoms with Gasteiger partial charge in [-0.3, -0.25) is 0 Å². The molecule has 2 nitrogen and oxygen atoms in total. The van der Waals surface area contributed by atoms with Gasteiger partial charge in [0.15, 0.2) is 6.29 Å². The summed E-state index contributed by atoms with van der Waals surface area (Å²) in [4.78, 5) is 0. The van der Waals surface area contributed by atoms with Crippen molar-refractivity contribution in [3.8, 4) is 12.3 Å². The van der Waals surface area contributed by atoms with Crippen LogP contribution in [0.25, 0.3) is 0 Å². The van der Waals surface area contributed by atoms with Gasteiger partial charge in [0.2, 0.25) is 0 Å². The third kappa shape index (κ3) is 3.21. The van der Waals surface area contributed by atoms with Crippen LogP contribution in [0.3, 0.4) is 0 Å². The van der Waals surface area contributed by atoms with E-state index in [0.29, 0.717) is 6.61 Å². The molecule has 0 saturated carbocycles. The van der Waals surface area contributed by atoms with Crippen molar-refractivity contribution >= 4 is 0 Å². The molecular formula is C12H14O2. The molecule has 2 heteroatoms. The zero-order valence-electron chi connectivity index (χ0n) is 8.49. The standard InChI is InChI=1S/C12H14O2/c1-4-11-5-7-12(8-6-11)9-14-10(2)13-3/h1,5-8,10H,9H2,2-3H3. The summed E-state index contributed by atoms with van der Waals surface area (Å²) in [6, 6.07) is 7.71. The van der Waals surface area contributed by atoms with Gasteiger partial charge >= 0.3 is 0 Å². The van der Waals surface area contributed by atoms with Crippen LogP contribution in [0.2, 0.25) is 0 Å². The van der Waals surface area contributed by atoms with Gasteiger partial charge in [-0.2, -0.15) is 0 Å². The highest BCUT2D eigenvalue weighted by atomic mass is 16.7. The summed E-state index contributed by atoms with van der Waals surface area (Å²) >= 11 is 0. The van der Waals surface area contributed by atoms with Crippen molar-refractivity contribution in [2.24, 2.45) is 0 Å². The molecule has 0 aliphatic heterocycles. The summed E-state index contributed by atoms with van der Waals surface area (Å²) in [7, 11) is 1.62. The maximum absolute atomic E-state index is 5.38. The average Bonchev–Trinajstić information content (AvgIpc) is 2.26. The van der Waals surface area contributed by atoms with Gasteiger partial charge in [-0.25, -0.2) is 0 Å². The van der Waals surface area contributed by atoms with Gasteiger partial charge in [0, 0.05) is 12.7 Å². The minimum Gasteiger partial charge on any atom is -0.356 e. The first-order valence-electron chi connectivity index (χ1n) is 4.46. The van der Waals surface area contributed by atoms with Crippen molar-refractivity contribution in [2.45, 2.75) is 19.8 Å². The number of terminal acetylenes is 1. The van der Waals surface area contributed by atoms with Crippen LogP contribution in [0.1, 0.15) is 18.1 Å². The van der Waals surface area contributed by atoms with Crippen LogP contribution in [-0.2, 0) is 16.1 Å². The Morgan fingerprint density at radius 2 is 2.00 bits per heavy atom. The summed E-state index contributed by atoms with van der Waals surface area (Å²) in [5.74, 6) is 2.56. The molecular weight excluding hydrogens is 176 g/mol. The van der Waals surface area contributed by atoms with E-state index >= 15 is 0 Å². The van der Waals surface area contributed by atoms with Gasteiger partial charge in [0.05, 0.1) is 6.61 Å². The van der Waals surface area contributed by atoms with Crippen molar-refractivity contribution in [2.75, 3.05) is 7.11 Å². The van der Waals surface area contributed by atoms with E-state index in [0.717, 1.165) is 11.1 Å². The minimum atomic E-state index is -0.178. The second kappa shape index (κ2) is 5.43. The van der Waals surface area contributed by atoms with Gasteiger partial charge in [-0.15, -0.1) is 6.42 Å². The number of benzene rings is 1. The molecule has 0 bridgehead atoms. The molecule has 0 N–H and O–H groups in total. The molecule has 1 aromatic rings. The van der Waals surface area contributed by atoms with Gasteiger partial charge < -0.3 is 9.47 Å². The Morgan fingerprint density at radius 3 is 2.50 bits per heavy atom. The van der Waals surface area contributed by atoms with Crippen LogP contribution < -0.4 is 0 Å². The number of hydrogen-bond donors (Lipinski definition) is 0. The Hall–Kier alpha value is -1.30. The van der Waals surface area contributed by atoms with Crippen molar-refractivity contribution in [3.05, 3.63) is 35.4 Å². The highest BCUT2D eigenvalue weighted by Gasteiger charge is 1.99. The second-order valence-corrected chi connectivity index (χ2v) is 2.96. The summed E-state index contributed by atoms with van der Waals surface area (Å²) in [5, 5.41) is 0. The predicted octanol–water partition coefficient (Wildman–Crippen LogP) is 2.18. The lowest BCUT2D eigenvalue weighted by molar-refractivity contribution is -0.118.